The number of hydrogen-bond acceptors (Lipinski definition) is 2. The van der Waals surface area contributed by atoms with Gasteiger partial charge in [0.05, 0.1) is 16.7 Å². The highest BCUT2D eigenvalue weighted by molar-refractivity contribution is 6.11. The topological polar surface area (TPSA) is 21.3 Å². The fraction of sp³-hybridized carbons (Fsp3) is 0.0492. The van der Waals surface area contributed by atoms with Crippen molar-refractivity contribution < 1.29 is 4.42 Å². The number of fused-ring (bicyclic) bond motifs is 10. The number of anilines is 3. The molecule has 0 unspecified atom stereocenters. The van der Waals surface area contributed by atoms with Crippen LogP contribution >= 0.6 is 0 Å². The number of rotatable bonds is 6. The Labute approximate surface area is 371 Å². The van der Waals surface area contributed by atoms with Crippen molar-refractivity contribution in [2.45, 2.75) is 19.3 Å². The number of aromatic nitrogens is 1. The summed E-state index contributed by atoms with van der Waals surface area (Å²) >= 11 is 0. The van der Waals surface area contributed by atoms with Crippen molar-refractivity contribution >= 4 is 71.6 Å². The van der Waals surface area contributed by atoms with Crippen molar-refractivity contribution in [3.63, 3.8) is 0 Å². The second-order valence-electron chi connectivity index (χ2n) is 17.7. The maximum absolute atomic E-state index is 6.27. The molecule has 64 heavy (non-hydrogen) atoms. The van der Waals surface area contributed by atoms with Gasteiger partial charge in [-0.2, -0.15) is 0 Å². The van der Waals surface area contributed by atoms with Gasteiger partial charge < -0.3 is 13.9 Å². The Hall–Kier alpha value is -8.14. The predicted octanol–water partition coefficient (Wildman–Crippen LogP) is 16.9. The molecule has 10 aromatic carbocycles. The summed E-state index contributed by atoms with van der Waals surface area (Å²) in [6.07, 6.45) is 0. The van der Waals surface area contributed by atoms with E-state index in [-0.39, 0.29) is 5.41 Å². The zero-order valence-electron chi connectivity index (χ0n) is 35.6. The molecule has 0 saturated carbocycles. The normalized spacial score (nSPS) is 13.0. The van der Waals surface area contributed by atoms with Gasteiger partial charge in [0.15, 0.2) is 0 Å². The Morgan fingerprint density at radius 3 is 1.84 bits per heavy atom. The lowest BCUT2D eigenvalue weighted by molar-refractivity contribution is 0.660. The summed E-state index contributed by atoms with van der Waals surface area (Å²) in [5.74, 6) is 0. The Kier molecular flexibility index (Phi) is 7.95. The average molecular weight is 819 g/mol. The molecule has 2 heterocycles. The van der Waals surface area contributed by atoms with E-state index in [2.05, 4.69) is 230 Å². The highest BCUT2D eigenvalue weighted by Gasteiger charge is 2.36. The Balaban J connectivity index is 0.894. The van der Waals surface area contributed by atoms with Gasteiger partial charge in [0.25, 0.3) is 0 Å². The van der Waals surface area contributed by atoms with Gasteiger partial charge in [-0.1, -0.05) is 147 Å². The average Bonchev–Trinajstić information content (AvgIpc) is 3.96. The van der Waals surface area contributed by atoms with E-state index in [0.29, 0.717) is 0 Å². The first-order valence-electron chi connectivity index (χ1n) is 22.2. The molecule has 0 bridgehead atoms. The van der Waals surface area contributed by atoms with Gasteiger partial charge in [-0.05, 0) is 135 Å². The molecule has 3 nitrogen and oxygen atoms in total. The van der Waals surface area contributed by atoms with Gasteiger partial charge in [-0.15, -0.1) is 0 Å². The lowest BCUT2D eigenvalue weighted by Gasteiger charge is -2.29. The molecule has 2 aromatic heterocycles. The number of furan rings is 1. The monoisotopic (exact) mass is 818 g/mol. The molecular weight excluding hydrogens is 777 g/mol. The Bertz CT molecular complexity index is 3810. The summed E-state index contributed by atoms with van der Waals surface area (Å²) in [4.78, 5) is 2.43. The first-order chi connectivity index (χ1) is 31.5. The molecule has 0 saturated heterocycles. The molecule has 1 aliphatic rings. The smallest absolute Gasteiger partial charge is 0.136 e. The Morgan fingerprint density at radius 2 is 0.984 bits per heavy atom. The highest BCUT2D eigenvalue weighted by atomic mass is 16.3. The van der Waals surface area contributed by atoms with Crippen molar-refractivity contribution in [2.75, 3.05) is 4.90 Å². The minimum absolute atomic E-state index is 0.228. The minimum Gasteiger partial charge on any atom is -0.456 e. The van der Waals surface area contributed by atoms with Crippen LogP contribution in [0.3, 0.4) is 0 Å². The van der Waals surface area contributed by atoms with Crippen molar-refractivity contribution in [1.82, 2.24) is 4.57 Å². The van der Waals surface area contributed by atoms with E-state index in [1.54, 1.807) is 0 Å². The molecule has 302 valence electrons. The summed E-state index contributed by atoms with van der Waals surface area (Å²) in [5, 5.41) is 7.23. The second-order valence-corrected chi connectivity index (χ2v) is 17.7. The zero-order valence-corrected chi connectivity index (χ0v) is 35.6. The van der Waals surface area contributed by atoms with Crippen LogP contribution in [0.1, 0.15) is 25.0 Å². The fourth-order valence-corrected chi connectivity index (χ4v) is 10.6. The summed E-state index contributed by atoms with van der Waals surface area (Å²) in [6, 6.07) is 79.7. The number of para-hydroxylation sites is 3. The van der Waals surface area contributed by atoms with Crippen LogP contribution in [0.5, 0.6) is 0 Å². The molecule has 0 N–H and O–H groups in total. The first kappa shape index (κ1) is 36.5. The lowest BCUT2D eigenvalue weighted by Crippen LogP contribution is -2.16. The van der Waals surface area contributed by atoms with Crippen LogP contribution in [0.15, 0.2) is 223 Å². The quantitative estimate of drug-likeness (QED) is 0.167. The van der Waals surface area contributed by atoms with E-state index in [1.807, 2.05) is 12.1 Å². The fourth-order valence-electron chi connectivity index (χ4n) is 10.6. The first-order valence-corrected chi connectivity index (χ1v) is 22.2. The Morgan fingerprint density at radius 1 is 0.391 bits per heavy atom. The van der Waals surface area contributed by atoms with Crippen molar-refractivity contribution in [3.8, 4) is 39.1 Å². The van der Waals surface area contributed by atoms with Gasteiger partial charge in [-0.25, -0.2) is 0 Å². The molecular formula is C61H42N2O. The molecule has 0 amide bonds. The molecule has 0 radical (unpaired) electrons. The van der Waals surface area contributed by atoms with Crippen LogP contribution < -0.4 is 4.90 Å². The van der Waals surface area contributed by atoms with Gasteiger partial charge in [0.1, 0.15) is 11.2 Å². The third kappa shape index (κ3) is 5.54. The maximum atomic E-state index is 6.27. The van der Waals surface area contributed by atoms with Crippen LogP contribution in [0, 0.1) is 0 Å². The third-order valence-corrected chi connectivity index (χ3v) is 13.8. The minimum atomic E-state index is -0.228. The molecule has 13 rings (SSSR count). The van der Waals surface area contributed by atoms with Crippen molar-refractivity contribution in [1.29, 1.82) is 0 Å². The number of benzene rings is 10. The van der Waals surface area contributed by atoms with E-state index >= 15 is 0 Å². The summed E-state index contributed by atoms with van der Waals surface area (Å²) in [5.41, 5.74) is 18.6. The van der Waals surface area contributed by atoms with E-state index in [0.717, 1.165) is 50.1 Å². The van der Waals surface area contributed by atoms with Gasteiger partial charge in [0.2, 0.25) is 0 Å². The van der Waals surface area contributed by atoms with E-state index in [1.165, 1.54) is 71.6 Å². The van der Waals surface area contributed by atoms with E-state index < -0.39 is 0 Å². The lowest BCUT2D eigenvalue weighted by atomic mass is 9.81. The molecule has 12 aromatic rings. The van der Waals surface area contributed by atoms with Gasteiger partial charge >= 0.3 is 0 Å². The SMILES string of the molecule is CC1(C)c2cc(-c3ccc4c(c3)c3ccccc3n4-c3ccccc3)ccc2-c2ccc(N(c3ccc(-c4ccc5c(c4)oc4ccccc45)cc3)c3cccc4ccccc34)cc21. The number of hydrogen-bond donors (Lipinski definition) is 0. The van der Waals surface area contributed by atoms with Crippen LogP contribution in [-0.4, -0.2) is 4.57 Å². The molecule has 0 atom stereocenters. The number of nitrogens with zero attached hydrogens (tertiary/aromatic N) is 2. The van der Waals surface area contributed by atoms with Crippen LogP contribution in [0.4, 0.5) is 17.1 Å². The standard InChI is InChI=1S/C61H42N2O/c1-61(2)54-36-42(41-27-34-58-53(35-41)50-18-8-10-20-57(50)63(58)44-15-4-3-5-16-44)25-31-48(54)49-33-30-46(38-55(49)61)62(56-21-12-14-40-13-6-7-17-47(40)56)45-28-23-39(24-29-45)43-26-32-52-51-19-9-11-22-59(51)64-60(52)37-43/h3-38H,1-2H3. The van der Waals surface area contributed by atoms with Crippen LogP contribution in [-0.2, 0) is 5.41 Å². The maximum Gasteiger partial charge on any atom is 0.136 e. The van der Waals surface area contributed by atoms with Crippen LogP contribution in [0.2, 0.25) is 0 Å². The third-order valence-electron chi connectivity index (χ3n) is 13.8. The summed E-state index contributed by atoms with van der Waals surface area (Å²) < 4.78 is 8.66. The summed E-state index contributed by atoms with van der Waals surface area (Å²) in [6.45, 7) is 4.77. The largest absolute Gasteiger partial charge is 0.456 e. The molecule has 3 heteroatoms. The van der Waals surface area contributed by atoms with Crippen molar-refractivity contribution in [3.05, 3.63) is 230 Å². The zero-order chi connectivity index (χ0) is 42.5. The van der Waals surface area contributed by atoms with Gasteiger partial charge in [-0.3, -0.25) is 0 Å². The van der Waals surface area contributed by atoms with E-state index in [4.69, 9.17) is 4.42 Å². The van der Waals surface area contributed by atoms with E-state index in [9.17, 15) is 0 Å². The second kappa shape index (κ2) is 13.9. The molecule has 0 fully saturated rings. The predicted molar refractivity (Wildman–Crippen MR) is 269 cm³/mol. The van der Waals surface area contributed by atoms with Crippen molar-refractivity contribution in [2.24, 2.45) is 0 Å². The molecule has 1 aliphatic carbocycles. The van der Waals surface area contributed by atoms with Crippen LogP contribution in [0.25, 0.3) is 93.6 Å². The van der Waals surface area contributed by atoms with Gasteiger partial charge in [0, 0.05) is 49.4 Å². The highest BCUT2D eigenvalue weighted by Crippen LogP contribution is 2.52. The molecule has 0 aliphatic heterocycles. The summed E-state index contributed by atoms with van der Waals surface area (Å²) in [7, 11) is 0. The molecule has 0 spiro atoms.